The Kier molecular flexibility index (Phi) is 4.65. The third kappa shape index (κ3) is 3.18. The second kappa shape index (κ2) is 6.87. The van der Waals surface area contributed by atoms with Gasteiger partial charge in [0.15, 0.2) is 0 Å². The summed E-state index contributed by atoms with van der Waals surface area (Å²) in [5, 5.41) is 36.5. The van der Waals surface area contributed by atoms with Gasteiger partial charge in [0.05, 0.1) is 23.0 Å². The molecule has 9 heteroatoms. The first kappa shape index (κ1) is 16.2. The van der Waals surface area contributed by atoms with Crippen molar-refractivity contribution in [3.63, 3.8) is 0 Å². The fraction of sp³-hybridized carbons (Fsp3) is 0.200. The number of fused-ring (bicyclic) bond motifs is 1. The minimum atomic E-state index is -1.06. The summed E-state index contributed by atoms with van der Waals surface area (Å²) in [5.41, 5.74) is 0.401. The van der Waals surface area contributed by atoms with Gasteiger partial charge in [0.25, 0.3) is 5.69 Å². The number of anilines is 1. The number of aliphatic hydroxyl groups excluding tert-OH is 2. The summed E-state index contributed by atoms with van der Waals surface area (Å²) in [7, 11) is 0. The quantitative estimate of drug-likeness (QED) is 0.461. The van der Waals surface area contributed by atoms with E-state index in [9.17, 15) is 20.3 Å². The number of aliphatic hydroxyl groups is 2. The number of rotatable bonds is 6. The molecule has 3 aromatic rings. The maximum absolute atomic E-state index is 10.7. The number of nitrogens with zero attached hydrogens (tertiary/aromatic N) is 3. The van der Waals surface area contributed by atoms with E-state index in [0.717, 1.165) is 10.2 Å². The highest BCUT2D eigenvalue weighted by atomic mass is 32.1. The van der Waals surface area contributed by atoms with Gasteiger partial charge in [-0.15, -0.1) is 11.3 Å². The number of thiophene rings is 1. The Morgan fingerprint density at radius 3 is 2.67 bits per heavy atom. The molecule has 0 unspecified atom stereocenters. The molecule has 0 amide bonds. The SMILES string of the molecule is O=[N+]([O-])c1ccc([C@H](O)[C@@H](CO)Nc2ncnc3sccc23)cc1. The molecule has 0 saturated heterocycles. The molecule has 0 bridgehead atoms. The molecule has 3 rings (SSSR count). The van der Waals surface area contributed by atoms with Crippen LogP contribution in [0, 0.1) is 10.1 Å². The molecular formula is C15H14N4O4S. The van der Waals surface area contributed by atoms with Crippen molar-refractivity contribution in [3.05, 3.63) is 57.7 Å². The smallest absolute Gasteiger partial charge is 0.269 e. The maximum Gasteiger partial charge on any atom is 0.269 e. The average Bonchev–Trinajstić information content (AvgIpc) is 3.08. The van der Waals surface area contributed by atoms with Crippen LogP contribution in [0.4, 0.5) is 11.5 Å². The highest BCUT2D eigenvalue weighted by Gasteiger charge is 2.22. The van der Waals surface area contributed by atoms with Gasteiger partial charge in [-0.1, -0.05) is 0 Å². The molecule has 3 N–H and O–H groups in total. The zero-order chi connectivity index (χ0) is 17.1. The monoisotopic (exact) mass is 346 g/mol. The van der Waals surface area contributed by atoms with Gasteiger partial charge in [-0.3, -0.25) is 10.1 Å². The van der Waals surface area contributed by atoms with Crippen LogP contribution in [0.1, 0.15) is 11.7 Å². The second-order valence-corrected chi connectivity index (χ2v) is 5.98. The predicted octanol–water partition coefficient (Wildman–Crippen LogP) is 2.11. The van der Waals surface area contributed by atoms with Crippen molar-refractivity contribution in [2.24, 2.45) is 0 Å². The van der Waals surface area contributed by atoms with E-state index in [0.29, 0.717) is 11.4 Å². The number of hydrogen-bond donors (Lipinski definition) is 3. The van der Waals surface area contributed by atoms with E-state index in [-0.39, 0.29) is 12.3 Å². The van der Waals surface area contributed by atoms with Crippen molar-refractivity contribution in [2.75, 3.05) is 11.9 Å². The number of nitro groups is 1. The summed E-state index contributed by atoms with van der Waals surface area (Å²) in [6.07, 6.45) is 0.355. The predicted molar refractivity (Wildman–Crippen MR) is 90.0 cm³/mol. The average molecular weight is 346 g/mol. The fourth-order valence-corrected chi connectivity index (χ4v) is 3.06. The zero-order valence-electron chi connectivity index (χ0n) is 12.4. The van der Waals surface area contributed by atoms with Crippen molar-refractivity contribution in [3.8, 4) is 0 Å². The number of non-ortho nitro benzene ring substituents is 1. The summed E-state index contributed by atoms with van der Waals surface area (Å²) < 4.78 is 0. The van der Waals surface area contributed by atoms with E-state index in [2.05, 4.69) is 15.3 Å². The van der Waals surface area contributed by atoms with E-state index in [1.54, 1.807) is 0 Å². The van der Waals surface area contributed by atoms with Crippen molar-refractivity contribution in [2.45, 2.75) is 12.1 Å². The van der Waals surface area contributed by atoms with Crippen LogP contribution >= 0.6 is 11.3 Å². The van der Waals surface area contributed by atoms with Crippen molar-refractivity contribution >= 4 is 33.1 Å². The van der Waals surface area contributed by atoms with Gasteiger partial charge in [0, 0.05) is 12.1 Å². The molecule has 0 spiro atoms. The molecule has 0 aliphatic heterocycles. The van der Waals surface area contributed by atoms with Crippen LogP contribution in [0.15, 0.2) is 42.0 Å². The number of aromatic nitrogens is 2. The summed E-state index contributed by atoms with van der Waals surface area (Å²) in [6.45, 7) is -0.339. The Balaban J connectivity index is 1.82. The number of hydrogen-bond acceptors (Lipinski definition) is 8. The van der Waals surface area contributed by atoms with Crippen LogP contribution in [0.25, 0.3) is 10.2 Å². The molecular weight excluding hydrogens is 332 g/mol. The Morgan fingerprint density at radius 1 is 1.25 bits per heavy atom. The molecule has 0 aliphatic carbocycles. The molecule has 0 aliphatic rings. The lowest BCUT2D eigenvalue weighted by Crippen LogP contribution is -2.31. The van der Waals surface area contributed by atoms with Crippen LogP contribution in [0.5, 0.6) is 0 Å². The van der Waals surface area contributed by atoms with Gasteiger partial charge >= 0.3 is 0 Å². The maximum atomic E-state index is 10.7. The van der Waals surface area contributed by atoms with E-state index in [1.165, 1.54) is 41.9 Å². The second-order valence-electron chi connectivity index (χ2n) is 5.09. The lowest BCUT2D eigenvalue weighted by Gasteiger charge is -2.23. The standard InChI is InChI=1S/C15H14N4O4S/c20-7-12(13(21)9-1-3-10(4-2-9)19(22)23)18-14-11-5-6-24-15(11)17-8-16-14/h1-6,8,12-13,20-21H,7H2,(H,16,17,18)/t12-,13+/m1/s1. The lowest BCUT2D eigenvalue weighted by molar-refractivity contribution is -0.384. The Hall–Kier alpha value is -2.62. The zero-order valence-corrected chi connectivity index (χ0v) is 13.2. The highest BCUT2D eigenvalue weighted by Crippen LogP contribution is 2.27. The highest BCUT2D eigenvalue weighted by molar-refractivity contribution is 7.16. The van der Waals surface area contributed by atoms with E-state index >= 15 is 0 Å². The first-order valence-corrected chi connectivity index (χ1v) is 7.96. The van der Waals surface area contributed by atoms with Crippen LogP contribution in [-0.4, -0.2) is 37.8 Å². The largest absolute Gasteiger partial charge is 0.394 e. The number of nitrogens with one attached hydrogen (secondary N) is 1. The van der Waals surface area contributed by atoms with Crippen LogP contribution in [0.2, 0.25) is 0 Å². The van der Waals surface area contributed by atoms with Gasteiger partial charge in [-0.25, -0.2) is 9.97 Å². The topological polar surface area (TPSA) is 121 Å². The van der Waals surface area contributed by atoms with Gasteiger partial charge in [0.2, 0.25) is 0 Å². The lowest BCUT2D eigenvalue weighted by atomic mass is 10.0. The number of benzene rings is 1. The van der Waals surface area contributed by atoms with Crippen molar-refractivity contribution in [1.29, 1.82) is 0 Å². The van der Waals surface area contributed by atoms with E-state index in [4.69, 9.17) is 0 Å². The normalized spacial score (nSPS) is 13.6. The van der Waals surface area contributed by atoms with E-state index < -0.39 is 17.1 Å². The van der Waals surface area contributed by atoms with Crippen molar-refractivity contribution in [1.82, 2.24) is 9.97 Å². The molecule has 8 nitrogen and oxygen atoms in total. The number of nitro benzene ring substituents is 1. The third-order valence-electron chi connectivity index (χ3n) is 3.61. The Bertz CT molecular complexity index is 852. The van der Waals surface area contributed by atoms with Crippen LogP contribution in [-0.2, 0) is 0 Å². The Labute approximate surface area is 140 Å². The summed E-state index contributed by atoms with van der Waals surface area (Å²) in [4.78, 5) is 19.3. The molecule has 0 saturated carbocycles. The first-order valence-electron chi connectivity index (χ1n) is 7.08. The minimum Gasteiger partial charge on any atom is -0.394 e. The summed E-state index contributed by atoms with van der Waals surface area (Å²) in [6, 6.07) is 6.70. The minimum absolute atomic E-state index is 0.0600. The van der Waals surface area contributed by atoms with Crippen LogP contribution in [0.3, 0.4) is 0 Å². The van der Waals surface area contributed by atoms with Crippen LogP contribution < -0.4 is 5.32 Å². The molecule has 124 valence electrons. The van der Waals surface area contributed by atoms with Gasteiger partial charge in [-0.2, -0.15) is 0 Å². The molecule has 2 heterocycles. The molecule has 24 heavy (non-hydrogen) atoms. The van der Waals surface area contributed by atoms with Crippen molar-refractivity contribution < 1.29 is 15.1 Å². The summed E-state index contributed by atoms with van der Waals surface area (Å²) >= 11 is 1.47. The van der Waals surface area contributed by atoms with Gasteiger partial charge in [-0.05, 0) is 29.1 Å². The fourth-order valence-electron chi connectivity index (χ4n) is 2.33. The molecule has 0 fully saturated rings. The van der Waals surface area contributed by atoms with Gasteiger partial charge < -0.3 is 15.5 Å². The molecule has 1 aromatic carbocycles. The first-order chi connectivity index (χ1) is 11.6. The molecule has 0 radical (unpaired) electrons. The summed E-state index contributed by atoms with van der Waals surface area (Å²) in [5.74, 6) is 0.515. The molecule has 2 aromatic heterocycles. The van der Waals surface area contributed by atoms with E-state index in [1.807, 2.05) is 11.4 Å². The third-order valence-corrected chi connectivity index (χ3v) is 4.43. The molecule has 2 atom stereocenters. The Morgan fingerprint density at radius 2 is 2.00 bits per heavy atom. The van der Waals surface area contributed by atoms with Gasteiger partial charge in [0.1, 0.15) is 23.1 Å².